The van der Waals surface area contributed by atoms with Crippen LogP contribution in [0.15, 0.2) is 0 Å². The highest BCUT2D eigenvalue weighted by molar-refractivity contribution is 5.64. The first kappa shape index (κ1) is 18.4. The van der Waals surface area contributed by atoms with Gasteiger partial charge in [-0.3, -0.25) is 15.0 Å². The summed E-state index contributed by atoms with van der Waals surface area (Å²) in [6, 6.07) is 0. The molecule has 0 unspecified atom stereocenters. The van der Waals surface area contributed by atoms with Gasteiger partial charge in [-0.25, -0.2) is 4.79 Å². The first-order valence-corrected chi connectivity index (χ1v) is 4.86. The van der Waals surface area contributed by atoms with Gasteiger partial charge >= 0.3 is 6.09 Å². The Morgan fingerprint density at radius 3 is 1.71 bits per heavy atom. The molecule has 0 atom stereocenters. The number of nitrogens with zero attached hydrogens (tertiary/aromatic N) is 1. The van der Waals surface area contributed by atoms with E-state index in [0.717, 1.165) is 6.54 Å². The molecule has 104 valence electrons. The molecular formula is C9H22N2O6. The van der Waals surface area contributed by atoms with Gasteiger partial charge < -0.3 is 14.6 Å². The highest BCUT2D eigenvalue weighted by Crippen LogP contribution is 2.03. The minimum atomic E-state index is -1.24. The fraction of sp³-hybridized carbons (Fsp3) is 0.889. The van der Waals surface area contributed by atoms with E-state index in [1.165, 1.54) is 26.4 Å². The summed E-state index contributed by atoms with van der Waals surface area (Å²) in [6.07, 6.45) is -1.19. The van der Waals surface area contributed by atoms with Crippen molar-refractivity contribution in [1.82, 2.24) is 10.5 Å². The minimum absolute atomic E-state index is 0.743. The average Bonchev–Trinajstić information content (AvgIpc) is 2.31. The standard InChI is InChI=1S/C5H11NO4.C4H11NO2/c1-5(9-2,10-3)6-4(7)8;1-4-5(6-2)7-3/h6H,1-3H3,(H,7,8);4H2,1-3H3. The van der Waals surface area contributed by atoms with Crippen molar-refractivity contribution < 1.29 is 29.0 Å². The Bertz CT molecular complexity index is 188. The van der Waals surface area contributed by atoms with Gasteiger partial charge in [-0.15, -0.1) is 0 Å². The summed E-state index contributed by atoms with van der Waals surface area (Å²) in [5.74, 6) is -1.24. The zero-order chi connectivity index (χ0) is 13.9. The summed E-state index contributed by atoms with van der Waals surface area (Å²) in [5, 5.41) is 11.6. The molecular weight excluding hydrogens is 232 g/mol. The lowest BCUT2D eigenvalue weighted by Gasteiger charge is -2.25. The van der Waals surface area contributed by atoms with Crippen LogP contribution in [-0.2, 0) is 19.1 Å². The highest BCUT2D eigenvalue weighted by Gasteiger charge is 2.24. The molecule has 17 heavy (non-hydrogen) atoms. The molecule has 1 amide bonds. The number of rotatable bonds is 6. The molecule has 0 aliphatic heterocycles. The molecule has 0 fully saturated rings. The lowest BCUT2D eigenvalue weighted by molar-refractivity contribution is -0.339. The molecule has 0 aliphatic carbocycles. The molecule has 0 rings (SSSR count). The second-order valence-corrected chi connectivity index (χ2v) is 2.80. The van der Waals surface area contributed by atoms with Crippen LogP contribution in [-0.4, -0.2) is 57.3 Å². The zero-order valence-electron chi connectivity index (χ0n) is 11.1. The van der Waals surface area contributed by atoms with Crippen LogP contribution in [0.1, 0.15) is 13.8 Å². The van der Waals surface area contributed by atoms with Gasteiger partial charge in [-0.05, 0) is 6.92 Å². The van der Waals surface area contributed by atoms with Crippen molar-refractivity contribution in [2.24, 2.45) is 0 Å². The molecule has 0 radical (unpaired) electrons. The molecule has 0 saturated heterocycles. The minimum Gasteiger partial charge on any atom is -0.465 e. The maximum Gasteiger partial charge on any atom is 0.408 e. The van der Waals surface area contributed by atoms with Gasteiger partial charge in [0, 0.05) is 27.7 Å². The number of hydrogen-bond acceptors (Lipinski definition) is 6. The molecule has 0 bridgehead atoms. The van der Waals surface area contributed by atoms with Crippen LogP contribution in [0.3, 0.4) is 0 Å². The zero-order valence-corrected chi connectivity index (χ0v) is 11.1. The van der Waals surface area contributed by atoms with Gasteiger partial charge in [0.25, 0.3) is 5.91 Å². The molecule has 0 aromatic carbocycles. The fourth-order valence-corrected chi connectivity index (χ4v) is 0.712. The number of carboxylic acid groups (broad SMARTS) is 1. The second-order valence-electron chi connectivity index (χ2n) is 2.80. The summed E-state index contributed by atoms with van der Waals surface area (Å²) in [4.78, 5) is 19.4. The van der Waals surface area contributed by atoms with E-state index in [9.17, 15) is 4.79 Å². The van der Waals surface area contributed by atoms with Crippen molar-refractivity contribution in [3.8, 4) is 0 Å². The van der Waals surface area contributed by atoms with Gasteiger partial charge in [0.1, 0.15) is 0 Å². The van der Waals surface area contributed by atoms with E-state index in [1.807, 2.05) is 12.2 Å². The molecule has 0 heterocycles. The van der Waals surface area contributed by atoms with E-state index in [1.54, 1.807) is 14.2 Å². The molecule has 0 aliphatic rings. The number of hydrogen-bond donors (Lipinski definition) is 2. The number of methoxy groups -OCH3 is 2. The predicted molar refractivity (Wildman–Crippen MR) is 60.0 cm³/mol. The van der Waals surface area contributed by atoms with Crippen LogP contribution in [0.2, 0.25) is 0 Å². The molecule has 8 heteroatoms. The first-order valence-electron chi connectivity index (χ1n) is 4.86. The lowest BCUT2D eigenvalue weighted by atomic mass is 10.5. The van der Waals surface area contributed by atoms with Gasteiger partial charge in [-0.1, -0.05) is 5.23 Å². The third-order valence-corrected chi connectivity index (χ3v) is 1.78. The monoisotopic (exact) mass is 254 g/mol. The van der Waals surface area contributed by atoms with Gasteiger partial charge in [-0.2, -0.15) is 0 Å². The summed E-state index contributed by atoms with van der Waals surface area (Å²) in [7, 11) is 5.82. The van der Waals surface area contributed by atoms with Gasteiger partial charge in [0.2, 0.25) is 0 Å². The third-order valence-electron chi connectivity index (χ3n) is 1.78. The topological polar surface area (TPSA) is 89.5 Å². The largest absolute Gasteiger partial charge is 0.465 e. The Hall–Kier alpha value is -0.930. The maximum atomic E-state index is 10.1. The Kier molecular flexibility index (Phi) is 11.1. The second kappa shape index (κ2) is 10.2. The van der Waals surface area contributed by atoms with Crippen LogP contribution < -0.4 is 5.32 Å². The van der Waals surface area contributed by atoms with Crippen molar-refractivity contribution in [3.63, 3.8) is 0 Å². The quantitative estimate of drug-likeness (QED) is 0.531. The van der Waals surface area contributed by atoms with Gasteiger partial charge in [0.05, 0.1) is 14.2 Å². The summed E-state index contributed by atoms with van der Waals surface area (Å²) in [5.41, 5.74) is 0. The summed E-state index contributed by atoms with van der Waals surface area (Å²) < 4.78 is 9.37. The molecule has 0 aromatic heterocycles. The van der Waals surface area contributed by atoms with Gasteiger partial charge in [0.15, 0.2) is 0 Å². The normalized spacial score (nSPS) is 10.8. The smallest absolute Gasteiger partial charge is 0.408 e. The molecule has 2 N–H and O–H groups in total. The molecule has 0 spiro atoms. The summed E-state index contributed by atoms with van der Waals surface area (Å²) in [6.45, 7) is 4.14. The fourth-order valence-electron chi connectivity index (χ4n) is 0.712. The maximum absolute atomic E-state index is 10.1. The van der Waals surface area contributed by atoms with Crippen LogP contribution in [0, 0.1) is 0 Å². The van der Waals surface area contributed by atoms with Crippen LogP contribution >= 0.6 is 0 Å². The lowest BCUT2D eigenvalue weighted by Crippen LogP contribution is -2.48. The van der Waals surface area contributed by atoms with Crippen molar-refractivity contribution in [2.75, 3.05) is 35.0 Å². The SMILES string of the molecule is CCN(OC)OC.COC(C)(NC(=O)O)OC. The van der Waals surface area contributed by atoms with Crippen molar-refractivity contribution in [3.05, 3.63) is 0 Å². The number of ether oxygens (including phenoxy) is 2. The van der Waals surface area contributed by atoms with E-state index in [-0.39, 0.29) is 0 Å². The average molecular weight is 254 g/mol. The third kappa shape index (κ3) is 9.97. The number of carbonyl (C=O) groups is 1. The van der Waals surface area contributed by atoms with E-state index in [2.05, 4.69) is 19.1 Å². The van der Waals surface area contributed by atoms with E-state index in [4.69, 9.17) is 5.11 Å². The molecule has 0 saturated carbocycles. The van der Waals surface area contributed by atoms with Crippen molar-refractivity contribution >= 4 is 6.09 Å². The van der Waals surface area contributed by atoms with Crippen LogP contribution in [0.5, 0.6) is 0 Å². The van der Waals surface area contributed by atoms with Crippen molar-refractivity contribution in [2.45, 2.75) is 19.8 Å². The number of hydroxylamine groups is 2. The predicted octanol–water partition coefficient (Wildman–Crippen LogP) is 0.652. The Labute approximate surface area is 101 Å². The Morgan fingerprint density at radius 1 is 1.24 bits per heavy atom. The Morgan fingerprint density at radius 2 is 1.65 bits per heavy atom. The number of amides is 1. The highest BCUT2D eigenvalue weighted by atomic mass is 16.9. The molecule has 8 nitrogen and oxygen atoms in total. The van der Waals surface area contributed by atoms with Crippen molar-refractivity contribution in [1.29, 1.82) is 0 Å². The van der Waals surface area contributed by atoms with Crippen LogP contribution in [0.25, 0.3) is 0 Å². The van der Waals surface area contributed by atoms with E-state index >= 15 is 0 Å². The Balaban J connectivity index is 0. The van der Waals surface area contributed by atoms with Crippen LogP contribution in [0.4, 0.5) is 4.79 Å². The molecule has 0 aromatic rings. The summed E-state index contributed by atoms with van der Waals surface area (Å²) >= 11 is 0. The van der Waals surface area contributed by atoms with E-state index < -0.39 is 12.0 Å². The number of nitrogens with one attached hydrogen (secondary N) is 1. The first-order chi connectivity index (χ1) is 7.88. The van der Waals surface area contributed by atoms with E-state index in [0.29, 0.717) is 0 Å².